The minimum absolute atomic E-state index is 0. The number of piperidine rings is 2. The lowest BCUT2D eigenvalue weighted by atomic mass is 9.89. The Morgan fingerprint density at radius 3 is 1.57 bits per heavy atom. The maximum Gasteiger partial charge on any atom is 0.226 e. The number of para-hydroxylation sites is 2. The minimum Gasteiger partial charge on any atom is -0.316 e. The van der Waals surface area contributed by atoms with Crippen LogP contribution in [0.15, 0.2) is 121 Å². The molecule has 304 valence electrons. The second-order valence-corrected chi connectivity index (χ2v) is 15.6. The van der Waals surface area contributed by atoms with Crippen LogP contribution in [-0.2, 0) is 22.4 Å². The van der Waals surface area contributed by atoms with E-state index in [9.17, 15) is 9.59 Å². The summed E-state index contributed by atoms with van der Waals surface area (Å²) in [4.78, 5) is 31.6. The van der Waals surface area contributed by atoms with Gasteiger partial charge in [-0.05, 0) is 119 Å². The van der Waals surface area contributed by atoms with Crippen molar-refractivity contribution in [3.05, 3.63) is 132 Å². The molecule has 2 amide bonds. The molecule has 4 atom stereocenters. The van der Waals surface area contributed by atoms with E-state index in [-0.39, 0.29) is 31.3 Å². The number of nitrogens with zero attached hydrogens (tertiary/aromatic N) is 3. The van der Waals surface area contributed by atoms with Crippen molar-refractivity contribution >= 4 is 39.1 Å². The molecule has 7 heteroatoms. The van der Waals surface area contributed by atoms with Gasteiger partial charge in [0.2, 0.25) is 11.8 Å². The lowest BCUT2D eigenvalue weighted by molar-refractivity contribution is -0.119. The molecular formula is C49H69BrN4O2. The summed E-state index contributed by atoms with van der Waals surface area (Å²) >= 11 is 3.39. The summed E-state index contributed by atoms with van der Waals surface area (Å²) < 4.78 is 0. The number of hydrogen-bond donors (Lipinski definition) is 1. The Labute approximate surface area is 348 Å². The highest BCUT2D eigenvalue weighted by molar-refractivity contribution is 9.09. The lowest BCUT2D eigenvalue weighted by Gasteiger charge is -2.40. The quantitative estimate of drug-likeness (QED) is 0.136. The van der Waals surface area contributed by atoms with Gasteiger partial charge in [-0.1, -0.05) is 134 Å². The predicted octanol–water partition coefficient (Wildman–Crippen LogP) is 10.9. The van der Waals surface area contributed by atoms with Gasteiger partial charge in [0, 0.05) is 54.7 Å². The second kappa shape index (κ2) is 26.2. The molecule has 2 saturated heterocycles. The third kappa shape index (κ3) is 14.9. The van der Waals surface area contributed by atoms with E-state index in [4.69, 9.17) is 0 Å². The van der Waals surface area contributed by atoms with E-state index < -0.39 is 0 Å². The summed E-state index contributed by atoms with van der Waals surface area (Å²) in [6, 6.07) is 41.9. The van der Waals surface area contributed by atoms with Crippen LogP contribution in [0.3, 0.4) is 0 Å². The molecule has 2 aliphatic heterocycles. The molecule has 0 radical (unpaired) electrons. The number of benzene rings is 4. The molecule has 1 N–H and O–H groups in total. The summed E-state index contributed by atoms with van der Waals surface area (Å²) in [6.07, 6.45) is 8.14. The van der Waals surface area contributed by atoms with Crippen LogP contribution in [0.1, 0.15) is 84.8 Å². The summed E-state index contributed by atoms with van der Waals surface area (Å²) in [5.41, 5.74) is 4.85. The first-order valence-electron chi connectivity index (χ1n) is 20.7. The van der Waals surface area contributed by atoms with Crippen LogP contribution in [0.4, 0.5) is 11.4 Å². The van der Waals surface area contributed by atoms with Gasteiger partial charge < -0.3 is 20.0 Å². The van der Waals surface area contributed by atoms with E-state index in [1.165, 1.54) is 43.4 Å². The Balaban J connectivity index is 0.000000251. The van der Waals surface area contributed by atoms with Crippen molar-refractivity contribution < 1.29 is 9.59 Å². The van der Waals surface area contributed by atoms with Crippen LogP contribution in [0.25, 0.3) is 0 Å². The largest absolute Gasteiger partial charge is 0.316 e. The summed E-state index contributed by atoms with van der Waals surface area (Å²) in [6.45, 7) is 13.8. The fraction of sp³-hybridized carbons (Fsp3) is 0.469. The van der Waals surface area contributed by atoms with Crippen molar-refractivity contribution in [1.29, 1.82) is 0 Å². The highest BCUT2D eigenvalue weighted by Crippen LogP contribution is 2.28. The first-order valence-corrected chi connectivity index (χ1v) is 21.8. The molecule has 4 aromatic rings. The van der Waals surface area contributed by atoms with Gasteiger partial charge in [0.1, 0.15) is 0 Å². The number of nitrogens with one attached hydrogen (secondary N) is 1. The number of likely N-dealkylation sites (tertiary alicyclic amines) is 1. The van der Waals surface area contributed by atoms with Gasteiger partial charge in [0.15, 0.2) is 0 Å². The number of carbonyl (C=O) groups is 2. The third-order valence-corrected chi connectivity index (χ3v) is 11.4. The summed E-state index contributed by atoms with van der Waals surface area (Å²) in [5, 5.41) is 4.49. The molecule has 0 saturated carbocycles. The van der Waals surface area contributed by atoms with Crippen molar-refractivity contribution in [1.82, 2.24) is 10.2 Å². The normalized spacial score (nSPS) is 17.7. The van der Waals surface area contributed by atoms with Gasteiger partial charge in [0.05, 0.1) is 0 Å². The maximum absolute atomic E-state index is 12.7. The zero-order valence-electron chi connectivity index (χ0n) is 33.8. The number of amides is 2. The van der Waals surface area contributed by atoms with Crippen molar-refractivity contribution in [2.24, 2.45) is 11.8 Å². The molecule has 0 bridgehead atoms. The van der Waals surface area contributed by atoms with Crippen molar-refractivity contribution in [3.8, 4) is 0 Å². The average Bonchev–Trinajstić information content (AvgIpc) is 3.25. The van der Waals surface area contributed by atoms with Gasteiger partial charge in [0.25, 0.3) is 0 Å². The Hall–Kier alpha value is -3.78. The first-order chi connectivity index (χ1) is 26.9. The molecular weight excluding hydrogens is 756 g/mol. The average molecular weight is 826 g/mol. The zero-order valence-corrected chi connectivity index (χ0v) is 35.4. The zero-order chi connectivity index (χ0) is 39.3. The molecule has 6 rings (SSSR count). The third-order valence-electron chi connectivity index (χ3n) is 11.1. The Bertz CT molecular complexity index is 1620. The molecule has 2 aliphatic rings. The maximum atomic E-state index is 12.7. The van der Waals surface area contributed by atoms with Crippen molar-refractivity contribution in [2.45, 2.75) is 98.6 Å². The van der Waals surface area contributed by atoms with Crippen molar-refractivity contribution in [2.75, 3.05) is 47.9 Å². The monoisotopic (exact) mass is 824 g/mol. The molecule has 0 aliphatic carbocycles. The van der Waals surface area contributed by atoms with Crippen LogP contribution >= 0.6 is 15.9 Å². The van der Waals surface area contributed by atoms with Gasteiger partial charge >= 0.3 is 0 Å². The van der Waals surface area contributed by atoms with E-state index >= 15 is 0 Å². The molecule has 0 unspecified atom stereocenters. The molecule has 6 nitrogen and oxygen atoms in total. The fourth-order valence-electron chi connectivity index (χ4n) is 7.82. The van der Waals surface area contributed by atoms with Gasteiger partial charge in [-0.15, -0.1) is 0 Å². The lowest BCUT2D eigenvalue weighted by Crippen LogP contribution is -2.49. The first kappa shape index (κ1) is 46.6. The molecule has 4 aromatic carbocycles. The number of rotatable bonds is 13. The molecule has 0 spiro atoms. The predicted molar refractivity (Wildman–Crippen MR) is 243 cm³/mol. The highest BCUT2D eigenvalue weighted by atomic mass is 79.9. The molecule has 2 fully saturated rings. The topological polar surface area (TPSA) is 55.9 Å². The summed E-state index contributed by atoms with van der Waals surface area (Å²) in [7, 11) is 0. The van der Waals surface area contributed by atoms with Crippen LogP contribution < -0.4 is 15.1 Å². The highest BCUT2D eigenvalue weighted by Gasteiger charge is 2.31. The van der Waals surface area contributed by atoms with Crippen LogP contribution in [0.2, 0.25) is 0 Å². The number of halogens is 1. The second-order valence-electron chi connectivity index (χ2n) is 14.9. The smallest absolute Gasteiger partial charge is 0.226 e. The van der Waals surface area contributed by atoms with Crippen LogP contribution in [0, 0.1) is 11.8 Å². The fourth-order valence-corrected chi connectivity index (χ4v) is 8.27. The van der Waals surface area contributed by atoms with Crippen molar-refractivity contribution in [3.63, 3.8) is 0 Å². The van der Waals surface area contributed by atoms with Crippen LogP contribution in [-0.4, -0.2) is 66.9 Å². The van der Waals surface area contributed by atoms with Crippen LogP contribution in [0.5, 0.6) is 0 Å². The number of carbonyl (C=O) groups excluding carboxylic acids is 2. The van der Waals surface area contributed by atoms with E-state index in [0.29, 0.717) is 24.7 Å². The number of hydrogen-bond acceptors (Lipinski definition) is 4. The number of anilines is 2. The minimum atomic E-state index is 0. The molecule has 56 heavy (non-hydrogen) atoms. The number of aryl methyl sites for hydroxylation is 1. The van der Waals surface area contributed by atoms with Gasteiger partial charge in [-0.25, -0.2) is 0 Å². The van der Waals surface area contributed by atoms with E-state index in [2.05, 4.69) is 107 Å². The van der Waals surface area contributed by atoms with Gasteiger partial charge in [-0.2, -0.15) is 0 Å². The SMILES string of the molecule is BrCCc1ccccc1.C.CCC(=O)N(c1ccccc1)[C@@H](C)[C@@H]1CCCN(CCc2ccccc2)C1.CCC(=O)N(c1ccccc1)[C@@H](C)[C@@H]1CCCNC1. The van der Waals surface area contributed by atoms with E-state index in [1.807, 2.05) is 78.2 Å². The Morgan fingerprint density at radius 1 is 0.679 bits per heavy atom. The number of alkyl halides is 1. The standard InChI is InChI=1S/C24H32N2O.C16H24N2O.C8H9Br.CH4/c1-3-24(27)26(23-14-8-5-9-15-23)20(2)22-13-10-17-25(19-22)18-16-21-11-6-4-7-12-21;1-3-16(19)18(15-9-5-4-6-10-15)13(2)14-8-7-11-17-12-14;9-7-6-8-4-2-1-3-5-8;/h4-9,11-12,14-15,20,22H,3,10,13,16-19H2,1-2H3;4-6,9-10,13-14,17H,3,7-8,11-12H2,1-2H3;1-5H,6-7H2;1H4/t20-,22+;13-,14+;;/m00../s1. The van der Waals surface area contributed by atoms with Gasteiger partial charge in [-0.3, -0.25) is 9.59 Å². The Morgan fingerprint density at radius 2 is 1.12 bits per heavy atom. The van der Waals surface area contributed by atoms with E-state index in [0.717, 1.165) is 55.7 Å². The Kier molecular flexibility index (Phi) is 21.8. The molecule has 0 aromatic heterocycles. The van der Waals surface area contributed by atoms with E-state index in [1.54, 1.807) is 0 Å². The summed E-state index contributed by atoms with van der Waals surface area (Å²) in [5.74, 6) is 1.49. The molecule has 2 heterocycles.